The average molecular weight is 399 g/mol. The summed E-state index contributed by atoms with van der Waals surface area (Å²) in [5, 5.41) is 9.12. The number of carbonyl (C=O) groups excluding carboxylic acids is 1. The van der Waals surface area contributed by atoms with Gasteiger partial charge in [0, 0.05) is 12.2 Å². The van der Waals surface area contributed by atoms with Crippen LogP contribution in [0.3, 0.4) is 0 Å². The van der Waals surface area contributed by atoms with Crippen LogP contribution in [0.5, 0.6) is 0 Å². The largest absolute Gasteiger partial charge is 0.365 e. The molecule has 1 heterocycles. The number of benzene rings is 2. The van der Waals surface area contributed by atoms with Crippen LogP contribution in [0.1, 0.15) is 16.7 Å². The van der Waals surface area contributed by atoms with Gasteiger partial charge in [0.15, 0.2) is 0 Å². The molecule has 1 aliphatic rings. The number of nitriles is 1. The van der Waals surface area contributed by atoms with Crippen molar-refractivity contribution in [1.82, 2.24) is 4.72 Å². The Labute approximate surface area is 164 Å². The van der Waals surface area contributed by atoms with Crippen molar-refractivity contribution in [3.8, 4) is 6.07 Å². The molecule has 0 spiro atoms. The van der Waals surface area contributed by atoms with Crippen molar-refractivity contribution in [3.05, 3.63) is 59.2 Å². The molecule has 0 radical (unpaired) electrons. The highest BCUT2D eigenvalue weighted by Crippen LogP contribution is 2.22. The Bertz CT molecular complexity index is 1040. The first kappa shape index (κ1) is 20.0. The molecule has 0 aromatic heterocycles. The number of sulfonamides is 1. The fourth-order valence-corrected chi connectivity index (χ4v) is 4.19. The minimum absolute atomic E-state index is 0.00325. The maximum Gasteiger partial charge on any atom is 0.253 e. The topological polar surface area (TPSA) is 99.5 Å². The molecule has 0 saturated carbocycles. The Balaban J connectivity index is 1.72. The standard InChI is InChI=1S/C20H21N3O4S/c1-14-7-8-17(9-15(14)2)23-12-18(27-13-20(23)24)11-22-28(25,26)19-6-4-3-5-16(19)10-21/h3-9,18,22H,11-13H2,1-2H3. The molecule has 0 aliphatic carbocycles. The van der Waals surface area contributed by atoms with Crippen LogP contribution in [0.4, 0.5) is 5.69 Å². The summed E-state index contributed by atoms with van der Waals surface area (Å²) in [7, 11) is -3.87. The van der Waals surface area contributed by atoms with Crippen LogP contribution in [-0.2, 0) is 19.6 Å². The Morgan fingerprint density at radius 3 is 2.68 bits per heavy atom. The summed E-state index contributed by atoms with van der Waals surface area (Å²) in [5.41, 5.74) is 3.04. The monoisotopic (exact) mass is 399 g/mol. The lowest BCUT2D eigenvalue weighted by Crippen LogP contribution is -2.50. The van der Waals surface area contributed by atoms with Crippen LogP contribution in [-0.4, -0.2) is 40.1 Å². The molecule has 1 aliphatic heterocycles. The zero-order valence-corrected chi connectivity index (χ0v) is 16.5. The summed E-state index contributed by atoms with van der Waals surface area (Å²) in [6.07, 6.45) is -0.497. The third kappa shape index (κ3) is 4.22. The lowest BCUT2D eigenvalue weighted by Gasteiger charge is -2.33. The smallest absolute Gasteiger partial charge is 0.253 e. The number of rotatable bonds is 5. The molecule has 7 nitrogen and oxygen atoms in total. The number of anilines is 1. The van der Waals surface area contributed by atoms with E-state index in [0.717, 1.165) is 16.8 Å². The lowest BCUT2D eigenvalue weighted by atomic mass is 10.1. The highest BCUT2D eigenvalue weighted by atomic mass is 32.2. The summed E-state index contributed by atoms with van der Waals surface area (Å²) in [4.78, 5) is 13.8. The van der Waals surface area contributed by atoms with Crippen LogP contribution in [0.25, 0.3) is 0 Å². The quantitative estimate of drug-likeness (QED) is 0.828. The third-order valence-electron chi connectivity index (χ3n) is 4.73. The first-order valence-electron chi connectivity index (χ1n) is 8.80. The van der Waals surface area contributed by atoms with Gasteiger partial charge < -0.3 is 9.64 Å². The molecule has 1 unspecified atom stereocenters. The number of carbonyl (C=O) groups is 1. The van der Waals surface area contributed by atoms with E-state index < -0.39 is 16.1 Å². The van der Waals surface area contributed by atoms with Crippen LogP contribution >= 0.6 is 0 Å². The second kappa shape index (κ2) is 8.10. The Morgan fingerprint density at radius 1 is 1.21 bits per heavy atom. The highest BCUT2D eigenvalue weighted by molar-refractivity contribution is 7.89. The van der Waals surface area contributed by atoms with Crippen molar-refractivity contribution in [2.24, 2.45) is 0 Å². The van der Waals surface area contributed by atoms with Gasteiger partial charge in [-0.15, -0.1) is 0 Å². The number of nitrogens with zero attached hydrogens (tertiary/aromatic N) is 2. The zero-order chi connectivity index (χ0) is 20.3. The van der Waals surface area contributed by atoms with Gasteiger partial charge in [0.2, 0.25) is 10.0 Å². The van der Waals surface area contributed by atoms with E-state index in [4.69, 9.17) is 10.00 Å². The molecule has 3 rings (SSSR count). The molecule has 28 heavy (non-hydrogen) atoms. The molecule has 1 N–H and O–H groups in total. The van der Waals surface area contributed by atoms with Crippen molar-refractivity contribution < 1.29 is 17.9 Å². The number of hydrogen-bond donors (Lipinski definition) is 1. The summed E-state index contributed by atoms with van der Waals surface area (Å²) in [6.45, 7) is 4.09. The molecule has 8 heteroatoms. The fourth-order valence-electron chi connectivity index (χ4n) is 2.97. The zero-order valence-electron chi connectivity index (χ0n) is 15.7. The Hall–Kier alpha value is -2.73. The maximum absolute atomic E-state index is 12.6. The number of aryl methyl sites for hydroxylation is 2. The third-order valence-corrected chi connectivity index (χ3v) is 6.21. The number of amides is 1. The fraction of sp³-hybridized carbons (Fsp3) is 0.300. The van der Waals surface area contributed by atoms with Gasteiger partial charge in [-0.05, 0) is 49.2 Å². The summed E-state index contributed by atoms with van der Waals surface area (Å²) >= 11 is 0. The van der Waals surface area contributed by atoms with E-state index in [1.807, 2.05) is 38.1 Å². The minimum Gasteiger partial charge on any atom is -0.365 e. The molecule has 1 fully saturated rings. The van der Waals surface area contributed by atoms with Gasteiger partial charge in [-0.3, -0.25) is 4.79 Å². The molecule has 1 saturated heterocycles. The van der Waals surface area contributed by atoms with Gasteiger partial charge in [-0.2, -0.15) is 5.26 Å². The van der Waals surface area contributed by atoms with E-state index in [0.29, 0.717) is 0 Å². The first-order chi connectivity index (χ1) is 13.3. The molecule has 0 bridgehead atoms. The van der Waals surface area contributed by atoms with Gasteiger partial charge >= 0.3 is 0 Å². The van der Waals surface area contributed by atoms with E-state index in [9.17, 15) is 13.2 Å². The summed E-state index contributed by atoms with van der Waals surface area (Å²) in [6, 6.07) is 13.6. The molecule has 1 atom stereocenters. The first-order valence-corrected chi connectivity index (χ1v) is 10.3. The molecule has 146 valence electrons. The molecular formula is C20H21N3O4S. The number of ether oxygens (including phenoxy) is 1. The van der Waals surface area contributed by atoms with Crippen molar-refractivity contribution in [2.75, 3.05) is 24.6 Å². The van der Waals surface area contributed by atoms with Crippen LogP contribution in [0.2, 0.25) is 0 Å². The maximum atomic E-state index is 12.6. The van der Waals surface area contributed by atoms with E-state index in [2.05, 4.69) is 4.72 Å². The van der Waals surface area contributed by atoms with Crippen LogP contribution in [0, 0.1) is 25.2 Å². The number of hydrogen-bond acceptors (Lipinski definition) is 5. The second-order valence-corrected chi connectivity index (χ2v) is 8.40. The second-order valence-electron chi connectivity index (χ2n) is 6.67. The predicted octanol–water partition coefficient (Wildman–Crippen LogP) is 1.89. The number of nitrogens with one attached hydrogen (secondary N) is 1. The summed E-state index contributed by atoms with van der Waals surface area (Å²) < 4.78 is 33.1. The average Bonchev–Trinajstić information content (AvgIpc) is 2.69. The SMILES string of the molecule is Cc1ccc(N2CC(CNS(=O)(=O)c3ccccc3C#N)OCC2=O)cc1C. The van der Waals surface area contributed by atoms with Crippen molar-refractivity contribution in [1.29, 1.82) is 5.26 Å². The highest BCUT2D eigenvalue weighted by Gasteiger charge is 2.29. The van der Waals surface area contributed by atoms with Gasteiger partial charge in [0.25, 0.3) is 5.91 Å². The minimum atomic E-state index is -3.87. The Morgan fingerprint density at radius 2 is 1.96 bits per heavy atom. The molecule has 2 aromatic rings. The van der Waals surface area contributed by atoms with Crippen LogP contribution < -0.4 is 9.62 Å². The van der Waals surface area contributed by atoms with Crippen LogP contribution in [0.15, 0.2) is 47.4 Å². The van der Waals surface area contributed by atoms with E-state index in [1.165, 1.54) is 12.1 Å². The van der Waals surface area contributed by atoms with Crippen molar-refractivity contribution in [2.45, 2.75) is 24.8 Å². The molecule has 1 amide bonds. The van der Waals surface area contributed by atoms with E-state index in [1.54, 1.807) is 17.0 Å². The normalized spacial score (nSPS) is 17.4. The lowest BCUT2D eigenvalue weighted by molar-refractivity contribution is -0.129. The van der Waals surface area contributed by atoms with Crippen molar-refractivity contribution >= 4 is 21.6 Å². The van der Waals surface area contributed by atoms with Gasteiger partial charge in [-0.1, -0.05) is 18.2 Å². The number of morpholine rings is 1. The summed E-state index contributed by atoms with van der Waals surface area (Å²) in [5.74, 6) is -0.169. The molecular weight excluding hydrogens is 378 g/mol. The van der Waals surface area contributed by atoms with Gasteiger partial charge in [0.05, 0.1) is 23.1 Å². The van der Waals surface area contributed by atoms with E-state index in [-0.39, 0.29) is 36.1 Å². The predicted molar refractivity (Wildman–Crippen MR) is 104 cm³/mol. The molecule has 2 aromatic carbocycles. The Kier molecular flexibility index (Phi) is 5.79. The van der Waals surface area contributed by atoms with Crippen molar-refractivity contribution in [3.63, 3.8) is 0 Å². The van der Waals surface area contributed by atoms with Gasteiger partial charge in [-0.25, -0.2) is 13.1 Å². The van der Waals surface area contributed by atoms with E-state index >= 15 is 0 Å². The van der Waals surface area contributed by atoms with Gasteiger partial charge in [0.1, 0.15) is 12.7 Å².